The van der Waals surface area contributed by atoms with E-state index in [1.165, 1.54) is 0 Å². The first-order chi connectivity index (χ1) is 24.2. The molecule has 0 spiro atoms. The molecule has 6 nitrogen and oxygen atoms in total. The van der Waals surface area contributed by atoms with Crippen LogP contribution in [0.3, 0.4) is 0 Å². The molecule has 0 unspecified atom stereocenters. The summed E-state index contributed by atoms with van der Waals surface area (Å²) in [5, 5.41) is 17.5. The molecular formula is C43H28N6. The third kappa shape index (κ3) is 5.03. The summed E-state index contributed by atoms with van der Waals surface area (Å²) in [6.45, 7) is 0. The average molecular weight is 629 g/mol. The van der Waals surface area contributed by atoms with Crippen molar-refractivity contribution in [2.45, 2.75) is 0 Å². The summed E-state index contributed by atoms with van der Waals surface area (Å²) >= 11 is 0. The van der Waals surface area contributed by atoms with Crippen molar-refractivity contribution in [3.05, 3.63) is 168 Å². The van der Waals surface area contributed by atoms with Crippen LogP contribution in [-0.2, 0) is 0 Å². The normalized spacial score (nSPS) is 13.5. The van der Waals surface area contributed by atoms with Crippen LogP contribution in [0, 0.1) is 5.41 Å². The van der Waals surface area contributed by atoms with E-state index in [1.54, 1.807) is 0 Å². The summed E-state index contributed by atoms with van der Waals surface area (Å²) in [4.78, 5) is 15.5. The van der Waals surface area contributed by atoms with E-state index >= 15 is 0 Å². The molecule has 5 aromatic carbocycles. The predicted molar refractivity (Wildman–Crippen MR) is 202 cm³/mol. The van der Waals surface area contributed by atoms with Gasteiger partial charge in [-0.2, -0.15) is 5.10 Å². The standard InChI is InChI=1S/C43H28N6/c44-39-33(37-25-23-30-21-20-29-22-24-35(27-12-4-1-5-13-27)45-41(29)42(30)47-37)26-34-38(43(39)49-48-31-16-8-3-9-17-31)32-18-10-11-19-36(32)46-40(34)28-14-6-2-7-15-28/h1-26,44,48H/b44-39?,49-43-. The maximum atomic E-state index is 9.69. The molecule has 0 saturated heterocycles. The number of aromatic nitrogens is 3. The molecule has 8 aromatic rings. The zero-order chi connectivity index (χ0) is 32.7. The monoisotopic (exact) mass is 628 g/mol. The fourth-order valence-electron chi connectivity index (χ4n) is 6.54. The Balaban J connectivity index is 1.29. The molecule has 0 aliphatic heterocycles. The van der Waals surface area contributed by atoms with E-state index < -0.39 is 0 Å². The molecule has 1 aliphatic carbocycles. The van der Waals surface area contributed by atoms with E-state index in [0.29, 0.717) is 17.0 Å². The van der Waals surface area contributed by atoms with Gasteiger partial charge in [0.2, 0.25) is 0 Å². The van der Waals surface area contributed by atoms with Crippen LogP contribution < -0.4 is 5.43 Å². The highest BCUT2D eigenvalue weighted by atomic mass is 15.3. The van der Waals surface area contributed by atoms with Crippen LogP contribution in [0.4, 0.5) is 5.69 Å². The Bertz CT molecular complexity index is 2630. The molecule has 0 saturated carbocycles. The maximum Gasteiger partial charge on any atom is 0.117 e. The van der Waals surface area contributed by atoms with Gasteiger partial charge >= 0.3 is 0 Å². The third-order valence-electron chi connectivity index (χ3n) is 8.94. The number of para-hydroxylation sites is 2. The van der Waals surface area contributed by atoms with Crippen molar-refractivity contribution in [2.24, 2.45) is 5.10 Å². The Kier molecular flexibility index (Phi) is 6.84. The molecule has 1 aliphatic rings. The number of benzene rings is 5. The minimum absolute atomic E-state index is 0.274. The van der Waals surface area contributed by atoms with E-state index in [4.69, 9.17) is 20.1 Å². The highest BCUT2D eigenvalue weighted by Crippen LogP contribution is 2.38. The van der Waals surface area contributed by atoms with Gasteiger partial charge < -0.3 is 0 Å². The second kappa shape index (κ2) is 11.8. The van der Waals surface area contributed by atoms with Gasteiger partial charge in [0, 0.05) is 44.0 Å². The summed E-state index contributed by atoms with van der Waals surface area (Å²) in [5.74, 6) is 0. The van der Waals surface area contributed by atoms with Crippen molar-refractivity contribution < 1.29 is 0 Å². The van der Waals surface area contributed by atoms with Gasteiger partial charge in [0.1, 0.15) is 5.71 Å². The van der Waals surface area contributed by atoms with Gasteiger partial charge in [0.25, 0.3) is 0 Å². The molecular weight excluding hydrogens is 601 g/mol. The van der Waals surface area contributed by atoms with Crippen LogP contribution in [0.25, 0.3) is 66.9 Å². The molecule has 0 fully saturated rings. The van der Waals surface area contributed by atoms with Crippen molar-refractivity contribution in [2.75, 3.05) is 5.43 Å². The quantitative estimate of drug-likeness (QED) is 0.147. The topological polar surface area (TPSA) is 86.9 Å². The second-order valence-electron chi connectivity index (χ2n) is 12.0. The summed E-state index contributed by atoms with van der Waals surface area (Å²) in [6, 6.07) is 50.6. The smallest absolute Gasteiger partial charge is 0.117 e. The lowest BCUT2D eigenvalue weighted by Crippen LogP contribution is -2.24. The number of fused-ring (bicyclic) bond motifs is 6. The number of nitrogens with one attached hydrogen (secondary N) is 2. The number of nitrogens with zero attached hydrogens (tertiary/aromatic N) is 4. The molecule has 3 heterocycles. The van der Waals surface area contributed by atoms with Gasteiger partial charge in [-0.3, -0.25) is 10.8 Å². The molecule has 49 heavy (non-hydrogen) atoms. The summed E-state index contributed by atoms with van der Waals surface area (Å²) < 4.78 is 0. The maximum absolute atomic E-state index is 9.69. The number of hydrazone groups is 1. The van der Waals surface area contributed by atoms with Gasteiger partial charge in [0.05, 0.1) is 45.0 Å². The van der Waals surface area contributed by atoms with E-state index in [9.17, 15) is 5.41 Å². The number of allylic oxidation sites excluding steroid dienone is 1. The molecule has 0 atom stereocenters. The molecule has 3 aromatic heterocycles. The SMILES string of the molecule is N=C1C(c2ccc3ccc4ccc(-c5ccccc5)nc4c3n2)=Cc2c(-c3ccccc3)nc3ccccc3c2/C1=N/Nc1ccccc1. The highest BCUT2D eigenvalue weighted by molar-refractivity contribution is 6.65. The van der Waals surface area contributed by atoms with Crippen LogP contribution in [0.5, 0.6) is 0 Å². The number of rotatable bonds is 5. The first-order valence-electron chi connectivity index (χ1n) is 16.2. The van der Waals surface area contributed by atoms with Crippen LogP contribution in [-0.4, -0.2) is 26.4 Å². The zero-order valence-corrected chi connectivity index (χ0v) is 26.3. The van der Waals surface area contributed by atoms with E-state index in [0.717, 1.165) is 72.0 Å². The fraction of sp³-hybridized carbons (Fsp3) is 0. The summed E-state index contributed by atoms with van der Waals surface area (Å²) in [5.41, 5.74) is 14.1. The molecule has 0 bridgehead atoms. The fourth-order valence-corrected chi connectivity index (χ4v) is 6.54. The number of pyridine rings is 3. The first kappa shape index (κ1) is 28.4. The van der Waals surface area contributed by atoms with Crippen LogP contribution >= 0.6 is 0 Å². The van der Waals surface area contributed by atoms with Crippen LogP contribution in [0.2, 0.25) is 0 Å². The molecule has 9 rings (SSSR count). The molecule has 6 heteroatoms. The van der Waals surface area contributed by atoms with E-state index in [-0.39, 0.29) is 5.71 Å². The van der Waals surface area contributed by atoms with Gasteiger partial charge in [-0.25, -0.2) is 15.0 Å². The average Bonchev–Trinajstić information content (AvgIpc) is 3.17. The Morgan fingerprint density at radius 3 is 1.82 bits per heavy atom. The second-order valence-corrected chi connectivity index (χ2v) is 12.0. The van der Waals surface area contributed by atoms with Crippen molar-refractivity contribution in [1.82, 2.24) is 15.0 Å². The third-order valence-corrected chi connectivity index (χ3v) is 8.94. The Labute approximate surface area is 282 Å². The van der Waals surface area contributed by atoms with Crippen molar-refractivity contribution in [3.63, 3.8) is 0 Å². The first-order valence-corrected chi connectivity index (χ1v) is 16.2. The van der Waals surface area contributed by atoms with Gasteiger partial charge in [-0.15, -0.1) is 0 Å². The minimum atomic E-state index is 0.274. The van der Waals surface area contributed by atoms with Crippen LogP contribution in [0.15, 0.2) is 157 Å². The number of hydrogen-bond donors (Lipinski definition) is 2. The van der Waals surface area contributed by atoms with Crippen molar-refractivity contribution in [1.29, 1.82) is 5.41 Å². The predicted octanol–water partition coefficient (Wildman–Crippen LogP) is 10.1. The van der Waals surface area contributed by atoms with Gasteiger partial charge in [0.15, 0.2) is 0 Å². The van der Waals surface area contributed by atoms with Gasteiger partial charge in [-0.05, 0) is 36.4 Å². The number of hydrogen-bond acceptors (Lipinski definition) is 6. The zero-order valence-electron chi connectivity index (χ0n) is 26.3. The molecule has 0 radical (unpaired) electrons. The lowest BCUT2D eigenvalue weighted by atomic mass is 9.83. The molecule has 230 valence electrons. The van der Waals surface area contributed by atoms with Crippen molar-refractivity contribution in [3.8, 4) is 22.5 Å². The lowest BCUT2D eigenvalue weighted by molar-refractivity contribution is 1.31. The largest absolute Gasteiger partial charge is 0.298 e. The molecule has 2 N–H and O–H groups in total. The van der Waals surface area contributed by atoms with Crippen molar-refractivity contribution >= 4 is 61.5 Å². The Morgan fingerprint density at radius 2 is 1.10 bits per heavy atom. The highest BCUT2D eigenvalue weighted by Gasteiger charge is 2.30. The van der Waals surface area contributed by atoms with Crippen LogP contribution in [0.1, 0.15) is 16.8 Å². The molecule has 0 amide bonds. The lowest BCUT2D eigenvalue weighted by Gasteiger charge is -2.24. The minimum Gasteiger partial charge on any atom is -0.298 e. The van der Waals surface area contributed by atoms with Gasteiger partial charge in [-0.1, -0.05) is 121 Å². The number of anilines is 1. The summed E-state index contributed by atoms with van der Waals surface area (Å²) in [6.07, 6.45) is 2.06. The van der Waals surface area contributed by atoms with E-state index in [1.807, 2.05) is 91.0 Å². The van der Waals surface area contributed by atoms with E-state index in [2.05, 4.69) is 72.2 Å². The Morgan fingerprint density at radius 1 is 0.531 bits per heavy atom. The summed E-state index contributed by atoms with van der Waals surface area (Å²) in [7, 11) is 0. The Hall–Kier alpha value is -6.79.